The Kier molecular flexibility index (Phi) is 8.69. The normalized spacial score (nSPS) is 19.6. The van der Waals surface area contributed by atoms with E-state index in [-0.39, 0.29) is 18.5 Å². The third-order valence-corrected chi connectivity index (χ3v) is 9.03. The molecule has 1 aromatic carbocycles. The summed E-state index contributed by atoms with van der Waals surface area (Å²) < 4.78 is 25.1. The first kappa shape index (κ1) is 28.5. The van der Waals surface area contributed by atoms with Crippen LogP contribution in [0, 0.1) is 5.92 Å². The lowest BCUT2D eigenvalue weighted by Gasteiger charge is -2.22. The average Bonchev–Trinajstić information content (AvgIpc) is 3.23. The van der Waals surface area contributed by atoms with Crippen LogP contribution in [0.2, 0.25) is 5.02 Å². The van der Waals surface area contributed by atoms with Crippen LogP contribution in [0.25, 0.3) is 0 Å². The Hall–Kier alpha value is -3.06. The van der Waals surface area contributed by atoms with E-state index >= 15 is 0 Å². The third kappa shape index (κ3) is 6.98. The fraction of sp³-hybridized carbons (Fsp3) is 0.481. The summed E-state index contributed by atoms with van der Waals surface area (Å²) in [7, 11) is -2.07. The first-order valence-electron chi connectivity index (χ1n) is 13.4. The molecule has 5 rings (SSSR count). The molecule has 0 bridgehead atoms. The molecule has 0 amide bonds. The van der Waals surface area contributed by atoms with Gasteiger partial charge in [0.2, 0.25) is 16.0 Å². The van der Waals surface area contributed by atoms with Gasteiger partial charge in [-0.1, -0.05) is 17.7 Å². The van der Waals surface area contributed by atoms with Crippen LogP contribution in [0.15, 0.2) is 36.8 Å². The van der Waals surface area contributed by atoms with E-state index in [9.17, 15) is 13.5 Å². The number of halogens is 1. The molecular formula is C27H35ClN8O3S. The summed E-state index contributed by atoms with van der Waals surface area (Å²) in [6.45, 7) is 3.02. The molecule has 1 fully saturated rings. The summed E-state index contributed by atoms with van der Waals surface area (Å²) in [5.74, 6) is 1.64. The smallest absolute Gasteiger partial charge is 0.233 e. The van der Waals surface area contributed by atoms with Gasteiger partial charge in [-0.3, -0.25) is 9.29 Å². The lowest BCUT2D eigenvalue weighted by atomic mass is 9.99. The van der Waals surface area contributed by atoms with Crippen LogP contribution in [-0.2, 0) is 29.4 Å². The summed E-state index contributed by atoms with van der Waals surface area (Å²) in [5.41, 5.74) is 4.06. The monoisotopic (exact) mass is 586 g/mol. The number of aliphatic hydroxyl groups excluding tert-OH is 1. The molecule has 0 saturated carbocycles. The maximum atomic E-state index is 12.0. The van der Waals surface area contributed by atoms with E-state index in [0.717, 1.165) is 68.0 Å². The fourth-order valence-corrected chi connectivity index (χ4v) is 5.95. The van der Waals surface area contributed by atoms with Crippen molar-refractivity contribution >= 4 is 44.9 Å². The Balaban J connectivity index is 1.24. The standard InChI is InChI=1S/C27H35ClN8O3S/c1-35(40(2,38)39)26-24(29-10-11-30-26)15-31-25-23(28)14-32-27(34-25)33-21-8-7-19-5-3-18(4-6-20(19)13-21)16-36-12-9-22(37)17-36/h7-8,10-11,13-14,18,22,37H,3-6,9,12,15-17H2,1-2H3,(H2,31,32,33,34)/t18?,22-/m1/s1. The number of anilines is 4. The van der Waals surface area contributed by atoms with E-state index in [2.05, 4.69) is 47.6 Å². The van der Waals surface area contributed by atoms with Gasteiger partial charge in [0.05, 0.1) is 25.1 Å². The molecule has 1 aliphatic carbocycles. The van der Waals surface area contributed by atoms with Crippen LogP contribution < -0.4 is 14.9 Å². The van der Waals surface area contributed by atoms with E-state index < -0.39 is 10.0 Å². The molecule has 3 aromatic rings. The van der Waals surface area contributed by atoms with Crippen molar-refractivity contribution in [2.24, 2.45) is 5.92 Å². The zero-order chi connectivity index (χ0) is 28.3. The van der Waals surface area contributed by atoms with Gasteiger partial charge < -0.3 is 20.6 Å². The van der Waals surface area contributed by atoms with Gasteiger partial charge in [0.1, 0.15) is 10.7 Å². The van der Waals surface area contributed by atoms with Crippen molar-refractivity contribution in [2.45, 2.75) is 44.8 Å². The maximum Gasteiger partial charge on any atom is 0.233 e. The van der Waals surface area contributed by atoms with E-state index in [1.807, 2.05) is 6.07 Å². The number of fused-ring (bicyclic) bond motifs is 1. The molecule has 1 unspecified atom stereocenters. The Bertz CT molecular complexity index is 1460. The number of nitrogens with zero attached hydrogens (tertiary/aromatic N) is 6. The van der Waals surface area contributed by atoms with Gasteiger partial charge in [-0.15, -0.1) is 0 Å². The minimum Gasteiger partial charge on any atom is -0.392 e. The quantitative estimate of drug-likeness (QED) is 0.320. The van der Waals surface area contributed by atoms with Gasteiger partial charge >= 0.3 is 0 Å². The van der Waals surface area contributed by atoms with Gasteiger partial charge in [0.25, 0.3) is 0 Å². The van der Waals surface area contributed by atoms with E-state index in [4.69, 9.17) is 11.6 Å². The molecule has 0 spiro atoms. The SMILES string of the molecule is CN(c1nccnc1CNc1nc(Nc2ccc3c(c2)CCC(CN2CC[C@@H](O)C2)CC3)ncc1Cl)S(C)(=O)=O. The molecule has 2 aliphatic rings. The van der Waals surface area contributed by atoms with Crippen molar-refractivity contribution in [2.75, 3.05) is 47.9 Å². The number of β-amino-alcohol motifs (C(OH)–C–C–N with tert-alkyl or cyclic N) is 1. The molecule has 3 N–H and O–H groups in total. The predicted octanol–water partition coefficient (Wildman–Crippen LogP) is 3.23. The average molecular weight is 587 g/mol. The van der Waals surface area contributed by atoms with Crippen LogP contribution in [-0.4, -0.2) is 77.4 Å². The molecule has 1 aliphatic heterocycles. The first-order valence-corrected chi connectivity index (χ1v) is 15.7. The van der Waals surface area contributed by atoms with Crippen molar-refractivity contribution in [1.29, 1.82) is 0 Å². The minimum absolute atomic E-state index is 0.162. The molecule has 2 aromatic heterocycles. The molecule has 1 saturated heterocycles. The highest BCUT2D eigenvalue weighted by Gasteiger charge is 2.25. The first-order chi connectivity index (χ1) is 19.2. The van der Waals surface area contributed by atoms with Crippen molar-refractivity contribution in [3.63, 3.8) is 0 Å². The van der Waals surface area contributed by atoms with E-state index in [0.29, 0.717) is 28.4 Å². The van der Waals surface area contributed by atoms with Gasteiger partial charge in [0, 0.05) is 44.8 Å². The van der Waals surface area contributed by atoms with Gasteiger partial charge in [-0.05, 0) is 61.3 Å². The molecule has 2 atom stereocenters. The zero-order valence-electron chi connectivity index (χ0n) is 22.7. The number of sulfonamides is 1. The molecular weight excluding hydrogens is 552 g/mol. The summed E-state index contributed by atoms with van der Waals surface area (Å²) in [6, 6.07) is 6.41. The molecule has 3 heterocycles. The number of aromatic nitrogens is 4. The van der Waals surface area contributed by atoms with Crippen molar-refractivity contribution in [3.05, 3.63) is 58.6 Å². The highest BCUT2D eigenvalue weighted by Crippen LogP contribution is 2.30. The highest BCUT2D eigenvalue weighted by molar-refractivity contribution is 7.92. The van der Waals surface area contributed by atoms with Crippen LogP contribution in [0.1, 0.15) is 36.1 Å². The number of rotatable bonds is 9. The largest absolute Gasteiger partial charge is 0.392 e. The lowest BCUT2D eigenvalue weighted by molar-refractivity contribution is 0.168. The van der Waals surface area contributed by atoms with Crippen molar-refractivity contribution in [3.8, 4) is 0 Å². The van der Waals surface area contributed by atoms with Gasteiger partial charge in [-0.2, -0.15) is 4.98 Å². The number of benzene rings is 1. The number of nitrogens with one attached hydrogen (secondary N) is 2. The van der Waals surface area contributed by atoms with Gasteiger partial charge in [-0.25, -0.2) is 18.4 Å². The number of hydrogen-bond donors (Lipinski definition) is 3. The molecule has 40 heavy (non-hydrogen) atoms. The van der Waals surface area contributed by atoms with Crippen molar-refractivity contribution < 1.29 is 13.5 Å². The zero-order valence-corrected chi connectivity index (χ0v) is 24.3. The summed E-state index contributed by atoms with van der Waals surface area (Å²) in [5, 5.41) is 16.6. The highest BCUT2D eigenvalue weighted by atomic mass is 35.5. The number of aryl methyl sites for hydroxylation is 2. The van der Waals surface area contributed by atoms with E-state index in [1.165, 1.54) is 36.8 Å². The van der Waals surface area contributed by atoms with E-state index in [1.54, 1.807) is 0 Å². The Morgan fingerprint density at radius 2 is 1.90 bits per heavy atom. The second-order valence-electron chi connectivity index (χ2n) is 10.6. The van der Waals surface area contributed by atoms with Crippen LogP contribution in [0.5, 0.6) is 0 Å². The maximum absolute atomic E-state index is 12.0. The lowest BCUT2D eigenvalue weighted by Crippen LogP contribution is -2.28. The molecule has 13 heteroatoms. The Morgan fingerprint density at radius 3 is 2.65 bits per heavy atom. The second kappa shape index (κ2) is 12.2. The fourth-order valence-electron chi connectivity index (χ4n) is 5.32. The summed E-state index contributed by atoms with van der Waals surface area (Å²) >= 11 is 6.36. The van der Waals surface area contributed by atoms with Gasteiger partial charge in [0.15, 0.2) is 11.6 Å². The molecule has 0 radical (unpaired) electrons. The van der Waals surface area contributed by atoms with Crippen LogP contribution in [0.3, 0.4) is 0 Å². The summed E-state index contributed by atoms with van der Waals surface area (Å²) in [4.78, 5) is 19.7. The third-order valence-electron chi connectivity index (χ3n) is 7.59. The number of aliphatic hydroxyl groups is 1. The molecule has 11 nitrogen and oxygen atoms in total. The van der Waals surface area contributed by atoms with Crippen LogP contribution >= 0.6 is 11.6 Å². The predicted molar refractivity (Wildman–Crippen MR) is 157 cm³/mol. The topological polar surface area (TPSA) is 136 Å². The van der Waals surface area contributed by atoms with Crippen molar-refractivity contribution in [1.82, 2.24) is 24.8 Å². The number of hydrogen-bond acceptors (Lipinski definition) is 10. The molecule has 214 valence electrons. The minimum atomic E-state index is -3.50. The second-order valence-corrected chi connectivity index (χ2v) is 13.0. The Labute approximate surface area is 240 Å². The summed E-state index contributed by atoms with van der Waals surface area (Å²) in [6.07, 6.45) is 10.7. The number of likely N-dealkylation sites (tertiary alicyclic amines) is 1. The Morgan fingerprint density at radius 1 is 1.12 bits per heavy atom. The van der Waals surface area contributed by atoms with Crippen LogP contribution in [0.4, 0.5) is 23.3 Å².